The molecular weight excluding hydrogens is 134 g/mol. The molecule has 1 nitrogen and oxygen atoms in total. The summed E-state index contributed by atoms with van der Waals surface area (Å²) in [5.41, 5.74) is 0.700. The molecule has 0 aromatic heterocycles. The van der Waals surface area contributed by atoms with E-state index in [2.05, 4.69) is 18.7 Å². The lowest BCUT2D eigenvalue weighted by Crippen LogP contribution is -2.77. The third kappa shape index (κ3) is 0.516. The molecule has 0 aliphatic carbocycles. The first-order valence-electron chi connectivity index (χ1n) is 5.02. The van der Waals surface area contributed by atoms with Crippen molar-refractivity contribution in [1.29, 1.82) is 0 Å². The molecule has 11 heavy (non-hydrogen) atoms. The summed E-state index contributed by atoms with van der Waals surface area (Å²) in [6, 6.07) is 2.02. The van der Waals surface area contributed by atoms with E-state index in [0.29, 0.717) is 5.54 Å². The van der Waals surface area contributed by atoms with Gasteiger partial charge in [-0.15, -0.1) is 0 Å². The molecule has 0 amide bonds. The minimum absolute atomic E-state index is 0.700. The number of nitrogens with zero attached hydrogens (tertiary/aromatic N) is 1. The number of hydrogen-bond donors (Lipinski definition) is 0. The molecule has 3 fully saturated rings. The van der Waals surface area contributed by atoms with Gasteiger partial charge in [0.05, 0.1) is 0 Å². The van der Waals surface area contributed by atoms with Crippen molar-refractivity contribution in [2.75, 3.05) is 0 Å². The Hall–Kier alpha value is -0.0400. The monoisotopic (exact) mass is 151 g/mol. The lowest BCUT2D eigenvalue weighted by molar-refractivity contribution is -0.189. The molecule has 3 heterocycles. The van der Waals surface area contributed by atoms with Gasteiger partial charge < -0.3 is 0 Å². The molecule has 2 unspecified atom stereocenters. The first kappa shape index (κ1) is 6.47. The molecule has 3 aliphatic heterocycles. The molecule has 0 radical (unpaired) electrons. The molecule has 3 aliphatic rings. The third-order valence-electron chi connectivity index (χ3n) is 4.39. The average Bonchev–Trinajstić information content (AvgIpc) is 2.17. The lowest BCUT2D eigenvalue weighted by Gasteiger charge is -2.69. The summed E-state index contributed by atoms with van der Waals surface area (Å²) in [6.45, 7) is 4.79. The molecule has 0 aromatic rings. The van der Waals surface area contributed by atoms with E-state index in [1.165, 1.54) is 25.7 Å². The molecule has 3 saturated heterocycles. The first-order valence-corrected chi connectivity index (χ1v) is 5.02. The Morgan fingerprint density at radius 1 is 1.18 bits per heavy atom. The molecule has 0 spiro atoms. The van der Waals surface area contributed by atoms with Crippen molar-refractivity contribution < 1.29 is 0 Å². The maximum absolute atomic E-state index is 2.82. The predicted octanol–water partition coefficient (Wildman–Crippen LogP) is 2.02. The van der Waals surface area contributed by atoms with Crippen LogP contribution in [0.2, 0.25) is 0 Å². The van der Waals surface area contributed by atoms with Gasteiger partial charge in [0.1, 0.15) is 0 Å². The second-order valence-corrected chi connectivity index (χ2v) is 4.96. The van der Waals surface area contributed by atoms with Crippen LogP contribution in [0.4, 0.5) is 0 Å². The smallest absolute Gasteiger partial charge is 0.0268 e. The van der Waals surface area contributed by atoms with Crippen LogP contribution in [-0.4, -0.2) is 22.5 Å². The van der Waals surface area contributed by atoms with E-state index in [9.17, 15) is 0 Å². The highest BCUT2D eigenvalue weighted by Gasteiger charge is 2.66. The Morgan fingerprint density at radius 3 is 2.18 bits per heavy atom. The predicted molar refractivity (Wildman–Crippen MR) is 45.5 cm³/mol. The van der Waals surface area contributed by atoms with Gasteiger partial charge in [-0.1, -0.05) is 13.8 Å². The summed E-state index contributed by atoms with van der Waals surface area (Å²) >= 11 is 0. The molecule has 0 saturated carbocycles. The summed E-state index contributed by atoms with van der Waals surface area (Å²) < 4.78 is 0. The van der Waals surface area contributed by atoms with Gasteiger partial charge in [-0.05, 0) is 31.6 Å². The fraction of sp³-hybridized carbons (Fsp3) is 1.00. The van der Waals surface area contributed by atoms with E-state index >= 15 is 0 Å². The van der Waals surface area contributed by atoms with Gasteiger partial charge in [0, 0.05) is 17.6 Å². The Labute approximate surface area is 68.8 Å². The van der Waals surface area contributed by atoms with E-state index < -0.39 is 0 Å². The number of hydrogen-bond acceptors (Lipinski definition) is 1. The SMILES string of the molecule is CC(C)C12CC3CCC(C1)N32. The summed E-state index contributed by atoms with van der Waals surface area (Å²) in [4.78, 5) is 2.82. The molecule has 0 aromatic carbocycles. The van der Waals surface area contributed by atoms with E-state index in [4.69, 9.17) is 0 Å². The lowest BCUT2D eigenvalue weighted by atomic mass is 9.62. The summed E-state index contributed by atoms with van der Waals surface area (Å²) in [5.74, 6) is 0.896. The maximum Gasteiger partial charge on any atom is 0.0268 e. The summed E-state index contributed by atoms with van der Waals surface area (Å²) in [6.07, 6.45) is 6.03. The van der Waals surface area contributed by atoms with Crippen LogP contribution >= 0.6 is 0 Å². The third-order valence-corrected chi connectivity index (χ3v) is 4.39. The van der Waals surface area contributed by atoms with E-state index in [1.54, 1.807) is 0 Å². The highest BCUT2D eigenvalue weighted by atomic mass is 15.4. The first-order chi connectivity index (χ1) is 5.24. The van der Waals surface area contributed by atoms with E-state index in [-0.39, 0.29) is 0 Å². The summed E-state index contributed by atoms with van der Waals surface area (Å²) in [7, 11) is 0. The van der Waals surface area contributed by atoms with Crippen LogP contribution in [0, 0.1) is 5.92 Å². The molecular formula is C10H17N. The fourth-order valence-electron chi connectivity index (χ4n) is 3.74. The van der Waals surface area contributed by atoms with Gasteiger partial charge in [-0.2, -0.15) is 0 Å². The van der Waals surface area contributed by atoms with Gasteiger partial charge in [0.15, 0.2) is 0 Å². The molecule has 0 N–H and O–H groups in total. The Morgan fingerprint density at radius 2 is 1.73 bits per heavy atom. The van der Waals surface area contributed by atoms with Crippen LogP contribution in [0.3, 0.4) is 0 Å². The minimum atomic E-state index is 0.700. The summed E-state index contributed by atoms with van der Waals surface area (Å²) in [5, 5.41) is 0. The van der Waals surface area contributed by atoms with Crippen molar-refractivity contribution >= 4 is 0 Å². The van der Waals surface area contributed by atoms with Crippen molar-refractivity contribution in [3.8, 4) is 0 Å². The fourth-order valence-corrected chi connectivity index (χ4v) is 3.74. The largest absolute Gasteiger partial charge is 0.291 e. The molecule has 0 bridgehead atoms. The van der Waals surface area contributed by atoms with Crippen molar-refractivity contribution in [1.82, 2.24) is 4.90 Å². The van der Waals surface area contributed by atoms with Crippen LogP contribution < -0.4 is 0 Å². The molecule has 3 rings (SSSR count). The molecule has 62 valence electrons. The van der Waals surface area contributed by atoms with E-state index in [0.717, 1.165) is 18.0 Å². The highest BCUT2D eigenvalue weighted by Crippen LogP contribution is 2.61. The number of piperidine rings is 1. The van der Waals surface area contributed by atoms with Crippen molar-refractivity contribution in [2.45, 2.75) is 57.2 Å². The zero-order valence-electron chi connectivity index (χ0n) is 7.51. The van der Waals surface area contributed by atoms with Crippen molar-refractivity contribution in [2.24, 2.45) is 5.92 Å². The van der Waals surface area contributed by atoms with Gasteiger partial charge in [-0.25, -0.2) is 0 Å². The van der Waals surface area contributed by atoms with Gasteiger partial charge in [0.2, 0.25) is 0 Å². The molecule has 1 heteroatoms. The Balaban J connectivity index is 1.87. The second kappa shape index (κ2) is 1.66. The van der Waals surface area contributed by atoms with Gasteiger partial charge >= 0.3 is 0 Å². The van der Waals surface area contributed by atoms with Crippen LogP contribution in [-0.2, 0) is 0 Å². The minimum Gasteiger partial charge on any atom is -0.291 e. The van der Waals surface area contributed by atoms with Crippen LogP contribution in [0.25, 0.3) is 0 Å². The Kier molecular flexibility index (Phi) is 0.976. The zero-order chi connectivity index (χ0) is 7.64. The highest BCUT2D eigenvalue weighted by molar-refractivity contribution is 5.22. The van der Waals surface area contributed by atoms with E-state index in [1.807, 2.05) is 0 Å². The topological polar surface area (TPSA) is 3.24 Å². The van der Waals surface area contributed by atoms with Gasteiger partial charge in [0.25, 0.3) is 0 Å². The quantitative estimate of drug-likeness (QED) is 0.554. The van der Waals surface area contributed by atoms with Crippen molar-refractivity contribution in [3.05, 3.63) is 0 Å². The normalized spacial score (nSPS) is 53.7. The molecule has 2 atom stereocenters. The Bertz CT molecular complexity index is 183. The number of rotatable bonds is 1. The van der Waals surface area contributed by atoms with Crippen LogP contribution in [0.15, 0.2) is 0 Å². The second-order valence-electron chi connectivity index (χ2n) is 4.96. The standard InChI is InChI=1S/C10H17N/c1-7(2)10-5-8-3-4-9(6-10)11(8)10/h7-9H,3-6H2,1-2H3. The van der Waals surface area contributed by atoms with Gasteiger partial charge in [-0.3, -0.25) is 4.90 Å². The maximum atomic E-state index is 2.82. The van der Waals surface area contributed by atoms with Crippen molar-refractivity contribution in [3.63, 3.8) is 0 Å². The van der Waals surface area contributed by atoms with Crippen LogP contribution in [0.1, 0.15) is 39.5 Å². The average molecular weight is 151 g/mol. The van der Waals surface area contributed by atoms with Crippen LogP contribution in [0.5, 0.6) is 0 Å². The zero-order valence-corrected chi connectivity index (χ0v) is 7.51.